The van der Waals surface area contributed by atoms with E-state index in [1.807, 2.05) is 36.4 Å². The molecular formula is C15H10FN. The molecule has 1 heterocycles. The van der Waals surface area contributed by atoms with Gasteiger partial charge in [0.05, 0.1) is 5.52 Å². The van der Waals surface area contributed by atoms with Gasteiger partial charge in [-0.2, -0.15) is 0 Å². The van der Waals surface area contributed by atoms with Crippen molar-refractivity contribution in [2.24, 2.45) is 0 Å². The second-order valence-corrected chi connectivity index (χ2v) is 3.92. The molecule has 2 aromatic carbocycles. The first-order valence-electron chi connectivity index (χ1n) is 5.44. The zero-order valence-corrected chi connectivity index (χ0v) is 9.10. The van der Waals surface area contributed by atoms with Crippen LogP contribution in [-0.4, -0.2) is 4.98 Å². The monoisotopic (exact) mass is 223 g/mol. The molecule has 0 aliphatic carbocycles. The molecule has 1 nitrogen and oxygen atoms in total. The van der Waals surface area contributed by atoms with Gasteiger partial charge in [-0.3, -0.25) is 4.98 Å². The molecule has 0 amide bonds. The van der Waals surface area contributed by atoms with Gasteiger partial charge in [-0.25, -0.2) is 4.39 Å². The third-order valence-corrected chi connectivity index (χ3v) is 2.76. The SMILES string of the molecule is Fc1cccc(-c2ccc3cccnc3c2)c1. The summed E-state index contributed by atoms with van der Waals surface area (Å²) in [4.78, 5) is 4.30. The molecule has 0 aliphatic heterocycles. The number of hydrogen-bond acceptors (Lipinski definition) is 1. The Balaban J connectivity index is 2.18. The van der Waals surface area contributed by atoms with Crippen molar-refractivity contribution >= 4 is 10.9 Å². The molecule has 1 aromatic heterocycles. The first-order valence-corrected chi connectivity index (χ1v) is 5.44. The van der Waals surface area contributed by atoms with E-state index in [2.05, 4.69) is 4.98 Å². The molecule has 0 atom stereocenters. The van der Waals surface area contributed by atoms with Crippen molar-refractivity contribution in [3.63, 3.8) is 0 Å². The van der Waals surface area contributed by atoms with Gasteiger partial charge >= 0.3 is 0 Å². The second-order valence-electron chi connectivity index (χ2n) is 3.92. The van der Waals surface area contributed by atoms with E-state index in [0.29, 0.717) is 0 Å². The van der Waals surface area contributed by atoms with Gasteiger partial charge in [0.2, 0.25) is 0 Å². The van der Waals surface area contributed by atoms with E-state index in [-0.39, 0.29) is 5.82 Å². The molecule has 0 fully saturated rings. The summed E-state index contributed by atoms with van der Waals surface area (Å²) in [6.45, 7) is 0. The van der Waals surface area contributed by atoms with Gasteiger partial charge in [0, 0.05) is 11.6 Å². The summed E-state index contributed by atoms with van der Waals surface area (Å²) in [6.07, 6.45) is 1.76. The highest BCUT2D eigenvalue weighted by atomic mass is 19.1. The van der Waals surface area contributed by atoms with Gasteiger partial charge in [0.25, 0.3) is 0 Å². The van der Waals surface area contributed by atoms with Crippen LogP contribution in [0.1, 0.15) is 0 Å². The number of rotatable bonds is 1. The summed E-state index contributed by atoms with van der Waals surface area (Å²) in [5, 5.41) is 1.09. The molecule has 0 N–H and O–H groups in total. The van der Waals surface area contributed by atoms with Crippen LogP contribution in [0, 0.1) is 5.82 Å². The van der Waals surface area contributed by atoms with Crippen molar-refractivity contribution in [1.29, 1.82) is 0 Å². The van der Waals surface area contributed by atoms with Crippen LogP contribution in [0.2, 0.25) is 0 Å². The quantitative estimate of drug-likeness (QED) is 0.606. The van der Waals surface area contributed by atoms with E-state index >= 15 is 0 Å². The van der Waals surface area contributed by atoms with Gasteiger partial charge in [0.15, 0.2) is 0 Å². The fourth-order valence-electron chi connectivity index (χ4n) is 1.91. The highest BCUT2D eigenvalue weighted by Crippen LogP contribution is 2.23. The third-order valence-electron chi connectivity index (χ3n) is 2.76. The zero-order chi connectivity index (χ0) is 11.7. The van der Waals surface area contributed by atoms with Crippen LogP contribution < -0.4 is 0 Å². The molecule has 3 aromatic rings. The van der Waals surface area contributed by atoms with Gasteiger partial charge < -0.3 is 0 Å². The predicted molar refractivity (Wildman–Crippen MR) is 67.1 cm³/mol. The Morgan fingerprint density at radius 2 is 1.71 bits per heavy atom. The minimum atomic E-state index is -0.219. The lowest BCUT2D eigenvalue weighted by atomic mass is 10.0. The maximum absolute atomic E-state index is 13.2. The number of fused-ring (bicyclic) bond motifs is 1. The van der Waals surface area contributed by atoms with Crippen molar-refractivity contribution in [2.45, 2.75) is 0 Å². The van der Waals surface area contributed by atoms with E-state index in [1.165, 1.54) is 12.1 Å². The Hall–Kier alpha value is -2.22. The Morgan fingerprint density at radius 3 is 2.59 bits per heavy atom. The maximum atomic E-state index is 13.2. The summed E-state index contributed by atoms with van der Waals surface area (Å²) >= 11 is 0. The molecule has 0 aliphatic rings. The summed E-state index contributed by atoms with van der Waals surface area (Å²) in [5.74, 6) is -0.219. The van der Waals surface area contributed by atoms with Crippen LogP contribution in [0.4, 0.5) is 4.39 Å². The van der Waals surface area contributed by atoms with E-state index in [9.17, 15) is 4.39 Å². The van der Waals surface area contributed by atoms with Gasteiger partial charge in [0.1, 0.15) is 5.82 Å². The molecule has 0 bridgehead atoms. The maximum Gasteiger partial charge on any atom is 0.123 e. The molecule has 0 saturated heterocycles. The largest absolute Gasteiger partial charge is 0.256 e. The average Bonchev–Trinajstić information content (AvgIpc) is 2.38. The summed E-state index contributed by atoms with van der Waals surface area (Å²) < 4.78 is 13.2. The van der Waals surface area contributed by atoms with Crippen molar-refractivity contribution in [1.82, 2.24) is 4.98 Å². The Kier molecular flexibility index (Phi) is 2.33. The van der Waals surface area contributed by atoms with Crippen LogP contribution >= 0.6 is 0 Å². The number of aromatic nitrogens is 1. The number of halogens is 1. The normalized spacial score (nSPS) is 10.6. The third kappa shape index (κ3) is 1.89. The topological polar surface area (TPSA) is 12.9 Å². The Bertz CT molecular complexity index is 676. The lowest BCUT2D eigenvalue weighted by Crippen LogP contribution is -1.82. The highest BCUT2D eigenvalue weighted by Gasteiger charge is 2.01. The van der Waals surface area contributed by atoms with Gasteiger partial charge in [-0.05, 0) is 35.4 Å². The molecule has 0 unspecified atom stereocenters. The molecule has 0 spiro atoms. The first-order chi connectivity index (χ1) is 8.33. The summed E-state index contributed by atoms with van der Waals surface area (Å²) in [7, 11) is 0. The van der Waals surface area contributed by atoms with Crippen LogP contribution in [0.25, 0.3) is 22.0 Å². The molecule has 17 heavy (non-hydrogen) atoms. The standard InChI is InChI=1S/C15H10FN/c16-14-5-1-3-12(9-14)13-7-6-11-4-2-8-17-15(11)10-13/h1-10H. The van der Waals surface area contributed by atoms with E-state index in [1.54, 1.807) is 12.3 Å². The fourth-order valence-corrected chi connectivity index (χ4v) is 1.91. The van der Waals surface area contributed by atoms with E-state index in [0.717, 1.165) is 22.0 Å². The lowest BCUT2D eigenvalue weighted by molar-refractivity contribution is 0.628. The van der Waals surface area contributed by atoms with Gasteiger partial charge in [-0.15, -0.1) is 0 Å². The molecule has 3 rings (SSSR count). The van der Waals surface area contributed by atoms with E-state index < -0.39 is 0 Å². The smallest absolute Gasteiger partial charge is 0.123 e. The molecule has 2 heteroatoms. The van der Waals surface area contributed by atoms with Crippen molar-refractivity contribution in [2.75, 3.05) is 0 Å². The molecule has 0 saturated carbocycles. The number of pyridine rings is 1. The minimum absolute atomic E-state index is 0.219. The van der Waals surface area contributed by atoms with E-state index in [4.69, 9.17) is 0 Å². The zero-order valence-electron chi connectivity index (χ0n) is 9.10. The minimum Gasteiger partial charge on any atom is -0.256 e. The molecule has 82 valence electrons. The van der Waals surface area contributed by atoms with Crippen LogP contribution in [0.3, 0.4) is 0 Å². The van der Waals surface area contributed by atoms with Crippen LogP contribution in [-0.2, 0) is 0 Å². The average molecular weight is 223 g/mol. The van der Waals surface area contributed by atoms with Crippen LogP contribution in [0.5, 0.6) is 0 Å². The Labute approximate surface area is 98.6 Å². The van der Waals surface area contributed by atoms with Crippen molar-refractivity contribution in [3.05, 3.63) is 66.6 Å². The number of hydrogen-bond donors (Lipinski definition) is 0. The molecule has 0 radical (unpaired) electrons. The number of benzene rings is 2. The molecular weight excluding hydrogens is 213 g/mol. The number of nitrogens with zero attached hydrogens (tertiary/aromatic N) is 1. The van der Waals surface area contributed by atoms with Gasteiger partial charge in [-0.1, -0.05) is 30.3 Å². The van der Waals surface area contributed by atoms with Crippen molar-refractivity contribution < 1.29 is 4.39 Å². The fraction of sp³-hybridized carbons (Fsp3) is 0. The first kappa shape index (κ1) is 9.97. The summed E-state index contributed by atoms with van der Waals surface area (Å²) in [6, 6.07) is 16.5. The lowest BCUT2D eigenvalue weighted by Gasteiger charge is -2.03. The second kappa shape index (κ2) is 3.98. The van der Waals surface area contributed by atoms with Crippen molar-refractivity contribution in [3.8, 4) is 11.1 Å². The van der Waals surface area contributed by atoms with Crippen LogP contribution in [0.15, 0.2) is 60.8 Å². The summed E-state index contributed by atoms with van der Waals surface area (Å²) in [5.41, 5.74) is 2.78. The predicted octanol–water partition coefficient (Wildman–Crippen LogP) is 4.04. The Morgan fingerprint density at radius 1 is 0.824 bits per heavy atom. The highest BCUT2D eigenvalue weighted by molar-refractivity contribution is 5.83.